The first-order valence-corrected chi connectivity index (χ1v) is 14.0. The van der Waals surface area contributed by atoms with Crippen LogP contribution in [0.4, 0.5) is 17.6 Å². The SMILES string of the molecule is COC(=O)CCC(=O)CNC(=O)COc1cccc(C2SC(c3ccc(F)cc3)=NN2C(=O)c2c(F)cc(F)cc2F)c1OC. The maximum absolute atomic E-state index is 14.7. The van der Waals surface area contributed by atoms with Crippen molar-refractivity contribution in [3.8, 4) is 11.5 Å². The first-order valence-electron chi connectivity index (χ1n) is 13.2. The number of para-hydroxylation sites is 1. The van der Waals surface area contributed by atoms with Crippen molar-refractivity contribution in [3.63, 3.8) is 0 Å². The van der Waals surface area contributed by atoms with E-state index in [9.17, 15) is 36.7 Å². The molecule has 4 rings (SSSR count). The number of Topliss-reactive ketones (excluding diaryl/α,β-unsaturated/α-hetero) is 1. The van der Waals surface area contributed by atoms with E-state index in [2.05, 4.69) is 15.2 Å². The number of hydrogen-bond donors (Lipinski definition) is 1. The summed E-state index contributed by atoms with van der Waals surface area (Å²) in [6, 6.07) is 10.4. The minimum atomic E-state index is -1.44. The highest BCUT2D eigenvalue weighted by molar-refractivity contribution is 8.14. The molecule has 10 nitrogen and oxygen atoms in total. The molecule has 3 aromatic rings. The molecule has 0 fully saturated rings. The van der Waals surface area contributed by atoms with Crippen molar-refractivity contribution >= 4 is 40.4 Å². The number of ketones is 1. The molecule has 0 bridgehead atoms. The number of hydrazone groups is 1. The van der Waals surface area contributed by atoms with Gasteiger partial charge in [-0.15, -0.1) is 0 Å². The van der Waals surface area contributed by atoms with Gasteiger partial charge in [-0.05, 0) is 30.3 Å². The van der Waals surface area contributed by atoms with Gasteiger partial charge < -0.3 is 19.5 Å². The van der Waals surface area contributed by atoms with Crippen LogP contribution < -0.4 is 14.8 Å². The van der Waals surface area contributed by atoms with Gasteiger partial charge in [-0.25, -0.2) is 22.6 Å². The summed E-state index contributed by atoms with van der Waals surface area (Å²) in [7, 11) is 2.48. The van der Waals surface area contributed by atoms with E-state index in [1.54, 1.807) is 0 Å². The fourth-order valence-corrected chi connectivity index (χ4v) is 5.31. The molecule has 1 aliphatic rings. The number of halogens is 4. The van der Waals surface area contributed by atoms with Crippen LogP contribution in [-0.4, -0.2) is 61.0 Å². The van der Waals surface area contributed by atoms with Crippen molar-refractivity contribution in [1.82, 2.24) is 10.3 Å². The highest BCUT2D eigenvalue weighted by Crippen LogP contribution is 2.47. The number of nitrogens with zero attached hydrogens (tertiary/aromatic N) is 2. The zero-order valence-corrected chi connectivity index (χ0v) is 24.6. The zero-order valence-electron chi connectivity index (χ0n) is 23.8. The molecule has 2 amide bonds. The molecule has 1 heterocycles. The number of carbonyl (C=O) groups excluding carboxylic acids is 4. The van der Waals surface area contributed by atoms with Gasteiger partial charge in [-0.3, -0.25) is 19.2 Å². The average molecular weight is 648 g/mol. The Morgan fingerprint density at radius 3 is 2.27 bits per heavy atom. The predicted molar refractivity (Wildman–Crippen MR) is 154 cm³/mol. The van der Waals surface area contributed by atoms with E-state index in [1.165, 1.54) is 56.7 Å². The van der Waals surface area contributed by atoms with Crippen molar-refractivity contribution in [2.45, 2.75) is 18.2 Å². The Kier molecular flexibility index (Phi) is 10.8. The maximum Gasteiger partial charge on any atom is 0.305 e. The topological polar surface area (TPSA) is 124 Å². The number of amides is 2. The Labute approximate surface area is 258 Å². The molecule has 1 unspecified atom stereocenters. The van der Waals surface area contributed by atoms with Gasteiger partial charge in [0.25, 0.3) is 11.8 Å². The molecule has 1 aliphatic heterocycles. The second-order valence-electron chi connectivity index (χ2n) is 9.34. The van der Waals surface area contributed by atoms with E-state index in [0.29, 0.717) is 17.7 Å². The second kappa shape index (κ2) is 14.7. The molecule has 15 heteroatoms. The summed E-state index contributed by atoms with van der Waals surface area (Å²) in [4.78, 5) is 49.0. The maximum atomic E-state index is 14.7. The van der Waals surface area contributed by atoms with Gasteiger partial charge in [-0.1, -0.05) is 23.9 Å². The van der Waals surface area contributed by atoms with E-state index in [1.807, 2.05) is 0 Å². The molecule has 0 aliphatic carbocycles. The number of nitrogens with one attached hydrogen (secondary N) is 1. The predicted octanol–water partition coefficient (Wildman–Crippen LogP) is 4.52. The molecule has 0 aromatic heterocycles. The van der Waals surface area contributed by atoms with Crippen LogP contribution >= 0.6 is 11.8 Å². The Bertz CT molecular complexity index is 1630. The van der Waals surface area contributed by atoms with Crippen molar-refractivity contribution in [3.05, 3.63) is 94.6 Å². The second-order valence-corrected chi connectivity index (χ2v) is 10.4. The third-order valence-electron chi connectivity index (χ3n) is 6.32. The van der Waals surface area contributed by atoms with E-state index in [4.69, 9.17) is 9.47 Å². The Balaban J connectivity index is 1.58. The third-order valence-corrected chi connectivity index (χ3v) is 7.54. The monoisotopic (exact) mass is 647 g/mol. The van der Waals surface area contributed by atoms with Crippen LogP contribution in [0, 0.1) is 23.3 Å². The summed E-state index contributed by atoms with van der Waals surface area (Å²) in [5.41, 5.74) is -0.406. The zero-order chi connectivity index (χ0) is 32.7. The van der Waals surface area contributed by atoms with Crippen LogP contribution in [0.25, 0.3) is 0 Å². The van der Waals surface area contributed by atoms with Crippen molar-refractivity contribution in [1.29, 1.82) is 0 Å². The minimum Gasteiger partial charge on any atom is -0.492 e. The van der Waals surface area contributed by atoms with Crippen LogP contribution in [0.2, 0.25) is 0 Å². The number of hydrogen-bond acceptors (Lipinski definition) is 9. The Morgan fingerprint density at radius 1 is 0.933 bits per heavy atom. The Morgan fingerprint density at radius 2 is 1.62 bits per heavy atom. The summed E-state index contributed by atoms with van der Waals surface area (Å²) in [6.45, 7) is -0.889. The number of rotatable bonds is 12. The number of benzene rings is 3. The standard InChI is InChI=1S/C30H25F4N3O7S/c1-42-25(40)11-10-19(38)14-35-24(39)15-44-23-5-3-4-20(27(23)43-2)30-37(29(41)26-21(33)12-18(32)13-22(26)34)36-28(45-30)16-6-8-17(31)9-7-16/h3-9,12-13,30H,10-11,14-15H2,1-2H3,(H,35,39). The molecule has 0 radical (unpaired) electrons. The lowest BCUT2D eigenvalue weighted by molar-refractivity contribution is -0.141. The minimum absolute atomic E-state index is 0.0459. The lowest BCUT2D eigenvalue weighted by atomic mass is 10.1. The highest BCUT2D eigenvalue weighted by atomic mass is 32.2. The summed E-state index contributed by atoms with van der Waals surface area (Å²) in [5.74, 6) is -7.38. The molecule has 236 valence electrons. The smallest absolute Gasteiger partial charge is 0.305 e. The van der Waals surface area contributed by atoms with Crippen LogP contribution in [0.1, 0.15) is 39.7 Å². The number of ether oxygens (including phenoxy) is 3. The van der Waals surface area contributed by atoms with Gasteiger partial charge in [0.05, 0.1) is 27.2 Å². The summed E-state index contributed by atoms with van der Waals surface area (Å²) in [6.07, 6.45) is -0.247. The first kappa shape index (κ1) is 33.0. The molecule has 0 saturated carbocycles. The normalized spacial score (nSPS) is 14.0. The van der Waals surface area contributed by atoms with Crippen molar-refractivity contribution in [2.75, 3.05) is 27.4 Å². The largest absolute Gasteiger partial charge is 0.492 e. The fraction of sp³-hybridized carbons (Fsp3) is 0.233. The molecule has 1 atom stereocenters. The average Bonchev–Trinajstić information content (AvgIpc) is 3.46. The molecule has 1 N–H and O–H groups in total. The van der Waals surface area contributed by atoms with Gasteiger partial charge in [-0.2, -0.15) is 5.10 Å². The van der Waals surface area contributed by atoms with Gasteiger partial charge in [0.1, 0.15) is 39.2 Å². The molecule has 45 heavy (non-hydrogen) atoms. The fourth-order valence-electron chi connectivity index (χ4n) is 4.14. The quantitative estimate of drug-likeness (QED) is 0.225. The van der Waals surface area contributed by atoms with E-state index in [0.717, 1.165) is 16.8 Å². The van der Waals surface area contributed by atoms with Gasteiger partial charge in [0.2, 0.25) is 0 Å². The van der Waals surface area contributed by atoms with Crippen LogP contribution in [0.5, 0.6) is 11.5 Å². The third kappa shape index (κ3) is 7.98. The van der Waals surface area contributed by atoms with Crippen molar-refractivity contribution < 1.29 is 51.0 Å². The molecule has 0 saturated heterocycles. The molecule has 3 aromatic carbocycles. The van der Waals surface area contributed by atoms with Crippen LogP contribution in [0.15, 0.2) is 59.7 Å². The number of esters is 1. The number of methoxy groups -OCH3 is 2. The molecular formula is C30H25F4N3O7S. The lowest BCUT2D eigenvalue weighted by Crippen LogP contribution is -2.33. The molecular weight excluding hydrogens is 622 g/mol. The summed E-state index contributed by atoms with van der Waals surface area (Å²) in [5, 5.41) is 6.52. The van der Waals surface area contributed by atoms with E-state index in [-0.39, 0.29) is 41.5 Å². The number of thioether (sulfide) groups is 1. The highest BCUT2D eigenvalue weighted by Gasteiger charge is 2.39. The first-order chi connectivity index (χ1) is 21.5. The summed E-state index contributed by atoms with van der Waals surface area (Å²) < 4.78 is 72.1. The van der Waals surface area contributed by atoms with Crippen LogP contribution in [-0.2, 0) is 19.1 Å². The van der Waals surface area contributed by atoms with Gasteiger partial charge >= 0.3 is 5.97 Å². The van der Waals surface area contributed by atoms with Gasteiger partial charge in [0, 0.05) is 29.7 Å². The van der Waals surface area contributed by atoms with Crippen LogP contribution in [0.3, 0.4) is 0 Å². The Hall–Kier alpha value is -4.92. The molecule has 0 spiro atoms. The van der Waals surface area contributed by atoms with Crippen molar-refractivity contribution in [2.24, 2.45) is 5.10 Å². The van der Waals surface area contributed by atoms with E-state index < -0.39 is 64.4 Å². The van der Waals surface area contributed by atoms with Gasteiger partial charge in [0.15, 0.2) is 23.9 Å². The lowest BCUT2D eigenvalue weighted by Gasteiger charge is -2.24. The number of carbonyl (C=O) groups is 4. The van der Waals surface area contributed by atoms with E-state index >= 15 is 0 Å². The summed E-state index contributed by atoms with van der Waals surface area (Å²) >= 11 is 0.979.